The number of nitrogens with zero attached hydrogens (tertiary/aromatic N) is 4. The van der Waals surface area contributed by atoms with E-state index in [1.807, 2.05) is 31.2 Å². The number of hydrogen-bond acceptors (Lipinski definition) is 5. The standard InChI is InChI=1S/C17H20N6O/c1-11-7-9-12(10-8-11)18-16-14-15(17(24)21-20-16)23(22-19-14)13-5-3-2-4-6-13/h7-10,13H,2-6H2,1H3,(H,18,20)(H,21,24). The molecule has 0 radical (unpaired) electrons. The summed E-state index contributed by atoms with van der Waals surface area (Å²) in [5.41, 5.74) is 2.86. The van der Waals surface area contributed by atoms with Gasteiger partial charge in [-0.1, -0.05) is 42.2 Å². The van der Waals surface area contributed by atoms with Crippen LogP contribution in [0.3, 0.4) is 0 Å². The maximum absolute atomic E-state index is 12.3. The summed E-state index contributed by atoms with van der Waals surface area (Å²) in [6.07, 6.45) is 5.68. The highest BCUT2D eigenvalue weighted by Crippen LogP contribution is 2.30. The maximum atomic E-state index is 12.3. The molecular weight excluding hydrogens is 304 g/mol. The summed E-state index contributed by atoms with van der Waals surface area (Å²) in [6, 6.07) is 8.23. The summed E-state index contributed by atoms with van der Waals surface area (Å²) in [5.74, 6) is 0.524. The first-order valence-electron chi connectivity index (χ1n) is 8.39. The Morgan fingerprint density at radius 3 is 2.67 bits per heavy atom. The minimum atomic E-state index is -0.241. The summed E-state index contributed by atoms with van der Waals surface area (Å²) in [7, 11) is 0. The maximum Gasteiger partial charge on any atom is 0.292 e. The third kappa shape index (κ3) is 2.66. The fourth-order valence-electron chi connectivity index (χ4n) is 3.32. The molecule has 0 amide bonds. The molecule has 3 aromatic rings. The van der Waals surface area contributed by atoms with Crippen molar-refractivity contribution in [1.82, 2.24) is 25.2 Å². The highest BCUT2D eigenvalue weighted by molar-refractivity contribution is 5.86. The van der Waals surface area contributed by atoms with Gasteiger partial charge in [0.05, 0.1) is 6.04 Å². The van der Waals surface area contributed by atoms with Crippen molar-refractivity contribution in [3.05, 3.63) is 40.2 Å². The van der Waals surface area contributed by atoms with E-state index < -0.39 is 0 Å². The van der Waals surface area contributed by atoms with Gasteiger partial charge < -0.3 is 5.32 Å². The lowest BCUT2D eigenvalue weighted by molar-refractivity contribution is 0.331. The molecule has 0 spiro atoms. The van der Waals surface area contributed by atoms with Gasteiger partial charge in [-0.3, -0.25) is 4.79 Å². The van der Waals surface area contributed by atoms with Crippen molar-refractivity contribution in [2.24, 2.45) is 0 Å². The third-order valence-corrected chi connectivity index (χ3v) is 4.64. The van der Waals surface area contributed by atoms with Crippen LogP contribution in [0.2, 0.25) is 0 Å². The first-order valence-corrected chi connectivity index (χ1v) is 8.39. The Morgan fingerprint density at radius 2 is 1.92 bits per heavy atom. The first-order chi connectivity index (χ1) is 11.7. The SMILES string of the molecule is Cc1ccc(Nc2n[nH]c(=O)c3c2nnn3C2CCCCC2)cc1. The third-order valence-electron chi connectivity index (χ3n) is 4.64. The zero-order valence-corrected chi connectivity index (χ0v) is 13.6. The normalized spacial score (nSPS) is 15.7. The first kappa shape index (κ1) is 14.9. The second-order valence-corrected chi connectivity index (χ2v) is 6.42. The monoisotopic (exact) mass is 324 g/mol. The van der Waals surface area contributed by atoms with Crippen molar-refractivity contribution in [3.8, 4) is 0 Å². The Labute approximate surface area is 139 Å². The van der Waals surface area contributed by atoms with Crippen molar-refractivity contribution >= 4 is 22.5 Å². The van der Waals surface area contributed by atoms with Gasteiger partial charge in [-0.25, -0.2) is 9.78 Å². The molecule has 4 rings (SSSR count). The smallest absolute Gasteiger partial charge is 0.292 e. The van der Waals surface area contributed by atoms with Crippen molar-refractivity contribution in [2.75, 3.05) is 5.32 Å². The van der Waals surface area contributed by atoms with Crippen molar-refractivity contribution < 1.29 is 0 Å². The zero-order chi connectivity index (χ0) is 16.5. The van der Waals surface area contributed by atoms with Gasteiger partial charge in [0.2, 0.25) is 0 Å². The Morgan fingerprint density at radius 1 is 1.17 bits per heavy atom. The average molecular weight is 324 g/mol. The summed E-state index contributed by atoms with van der Waals surface area (Å²) >= 11 is 0. The van der Waals surface area contributed by atoms with Gasteiger partial charge in [-0.2, -0.15) is 5.10 Å². The predicted octanol–water partition coefficient (Wildman–Crippen LogP) is 3.07. The largest absolute Gasteiger partial charge is 0.337 e. The molecule has 0 bridgehead atoms. The van der Waals surface area contributed by atoms with E-state index in [1.54, 1.807) is 4.68 Å². The lowest BCUT2D eigenvalue weighted by Crippen LogP contribution is -2.19. The molecule has 0 unspecified atom stereocenters. The van der Waals surface area contributed by atoms with E-state index in [2.05, 4.69) is 25.8 Å². The Bertz CT molecular complexity index is 905. The van der Waals surface area contributed by atoms with Gasteiger partial charge in [0.1, 0.15) is 0 Å². The van der Waals surface area contributed by atoms with E-state index in [0.29, 0.717) is 16.9 Å². The van der Waals surface area contributed by atoms with Crippen LogP contribution in [0, 0.1) is 6.92 Å². The minimum Gasteiger partial charge on any atom is -0.337 e. The highest BCUT2D eigenvalue weighted by atomic mass is 16.1. The highest BCUT2D eigenvalue weighted by Gasteiger charge is 2.22. The summed E-state index contributed by atoms with van der Waals surface area (Å²) in [4.78, 5) is 12.3. The number of aromatic nitrogens is 5. The lowest BCUT2D eigenvalue weighted by Gasteiger charge is -2.21. The molecule has 1 saturated carbocycles. The number of rotatable bonds is 3. The molecule has 0 saturated heterocycles. The van der Waals surface area contributed by atoms with Crippen LogP contribution in [-0.4, -0.2) is 25.2 Å². The van der Waals surface area contributed by atoms with Crippen LogP contribution in [0.4, 0.5) is 11.5 Å². The van der Waals surface area contributed by atoms with Crippen LogP contribution < -0.4 is 10.9 Å². The second kappa shape index (κ2) is 6.07. The van der Waals surface area contributed by atoms with E-state index >= 15 is 0 Å². The van der Waals surface area contributed by atoms with E-state index in [4.69, 9.17) is 0 Å². The van der Waals surface area contributed by atoms with Crippen molar-refractivity contribution in [2.45, 2.75) is 45.1 Å². The number of anilines is 2. The Kier molecular flexibility index (Phi) is 3.76. The minimum absolute atomic E-state index is 0.241. The molecule has 1 fully saturated rings. The van der Waals surface area contributed by atoms with Gasteiger partial charge in [0, 0.05) is 5.69 Å². The molecule has 24 heavy (non-hydrogen) atoms. The van der Waals surface area contributed by atoms with Crippen LogP contribution in [0.5, 0.6) is 0 Å². The molecule has 0 atom stereocenters. The summed E-state index contributed by atoms with van der Waals surface area (Å²) in [6.45, 7) is 2.04. The molecule has 0 aliphatic heterocycles. The average Bonchev–Trinajstić information content (AvgIpc) is 3.06. The Hall–Kier alpha value is -2.70. The number of hydrogen-bond donors (Lipinski definition) is 2. The van der Waals surface area contributed by atoms with E-state index in [-0.39, 0.29) is 11.6 Å². The number of aromatic amines is 1. The van der Waals surface area contributed by atoms with Crippen LogP contribution in [0.25, 0.3) is 11.0 Å². The molecule has 1 aliphatic rings. The zero-order valence-electron chi connectivity index (χ0n) is 13.6. The number of H-pyrrole nitrogens is 1. The number of aryl methyl sites for hydroxylation is 1. The topological polar surface area (TPSA) is 88.5 Å². The van der Waals surface area contributed by atoms with Crippen LogP contribution in [-0.2, 0) is 0 Å². The number of fused-ring (bicyclic) bond motifs is 1. The van der Waals surface area contributed by atoms with Gasteiger partial charge in [0.25, 0.3) is 5.56 Å². The molecule has 1 aliphatic carbocycles. The fourth-order valence-corrected chi connectivity index (χ4v) is 3.32. The van der Waals surface area contributed by atoms with Crippen LogP contribution in [0.15, 0.2) is 29.1 Å². The fraction of sp³-hybridized carbons (Fsp3) is 0.412. The molecule has 1 aromatic carbocycles. The summed E-state index contributed by atoms with van der Waals surface area (Å²) in [5, 5.41) is 18.4. The van der Waals surface area contributed by atoms with Crippen molar-refractivity contribution in [3.63, 3.8) is 0 Å². The van der Waals surface area contributed by atoms with Crippen molar-refractivity contribution in [1.29, 1.82) is 0 Å². The Balaban J connectivity index is 1.75. The number of benzene rings is 1. The second-order valence-electron chi connectivity index (χ2n) is 6.42. The van der Waals surface area contributed by atoms with Crippen LogP contribution in [0.1, 0.15) is 43.7 Å². The number of nitrogens with one attached hydrogen (secondary N) is 2. The van der Waals surface area contributed by atoms with E-state index in [0.717, 1.165) is 18.5 Å². The molecule has 7 heteroatoms. The van der Waals surface area contributed by atoms with E-state index in [9.17, 15) is 4.79 Å². The van der Waals surface area contributed by atoms with Crippen LogP contribution >= 0.6 is 0 Å². The molecular formula is C17H20N6O. The lowest BCUT2D eigenvalue weighted by atomic mass is 9.95. The molecule has 2 heterocycles. The van der Waals surface area contributed by atoms with Gasteiger partial charge in [0.15, 0.2) is 16.9 Å². The molecule has 124 valence electrons. The molecule has 7 nitrogen and oxygen atoms in total. The molecule has 2 N–H and O–H groups in total. The predicted molar refractivity (Wildman–Crippen MR) is 92.5 cm³/mol. The summed E-state index contributed by atoms with van der Waals surface area (Å²) < 4.78 is 1.79. The van der Waals surface area contributed by atoms with E-state index in [1.165, 1.54) is 24.8 Å². The molecule has 2 aromatic heterocycles. The van der Waals surface area contributed by atoms with Gasteiger partial charge >= 0.3 is 0 Å². The van der Waals surface area contributed by atoms with Gasteiger partial charge in [-0.15, -0.1) is 5.10 Å². The van der Waals surface area contributed by atoms with Gasteiger partial charge in [-0.05, 0) is 31.9 Å². The quantitative estimate of drug-likeness (QED) is 0.773.